The third kappa shape index (κ3) is 3.73. The molecular formula is C12H21N5O. The van der Waals surface area contributed by atoms with E-state index in [1.807, 2.05) is 6.07 Å². The molecule has 4 N–H and O–H groups in total. The van der Waals surface area contributed by atoms with Crippen LogP contribution in [0, 0.1) is 0 Å². The third-order valence-electron chi connectivity index (χ3n) is 2.87. The van der Waals surface area contributed by atoms with Crippen molar-refractivity contribution in [2.75, 3.05) is 36.1 Å². The number of nitrogen functional groups attached to an aromatic ring is 1. The molecule has 1 aromatic heterocycles. The van der Waals surface area contributed by atoms with E-state index in [4.69, 9.17) is 10.5 Å². The van der Waals surface area contributed by atoms with Gasteiger partial charge in [-0.05, 0) is 19.3 Å². The Labute approximate surface area is 107 Å². The zero-order valence-electron chi connectivity index (χ0n) is 10.8. The SMILES string of the molecule is CCCNc1cc(NC2CCOCC2)nc(N)n1. The minimum absolute atomic E-state index is 0.297. The van der Waals surface area contributed by atoms with Crippen molar-refractivity contribution in [3.05, 3.63) is 6.07 Å². The van der Waals surface area contributed by atoms with Gasteiger partial charge in [-0.25, -0.2) is 0 Å². The predicted molar refractivity (Wildman–Crippen MR) is 72.7 cm³/mol. The summed E-state index contributed by atoms with van der Waals surface area (Å²) in [7, 11) is 0. The Morgan fingerprint density at radius 3 is 2.78 bits per heavy atom. The van der Waals surface area contributed by atoms with Gasteiger partial charge in [-0.2, -0.15) is 9.97 Å². The van der Waals surface area contributed by atoms with Crippen LogP contribution in [0.3, 0.4) is 0 Å². The van der Waals surface area contributed by atoms with Crippen LogP contribution in [0.5, 0.6) is 0 Å². The highest BCUT2D eigenvalue weighted by molar-refractivity contribution is 5.51. The molecule has 1 aliphatic heterocycles. The van der Waals surface area contributed by atoms with Crippen molar-refractivity contribution in [2.24, 2.45) is 0 Å². The van der Waals surface area contributed by atoms with E-state index in [2.05, 4.69) is 27.5 Å². The van der Waals surface area contributed by atoms with Gasteiger partial charge in [0.2, 0.25) is 5.95 Å². The Balaban J connectivity index is 1.99. The Hall–Kier alpha value is -1.56. The van der Waals surface area contributed by atoms with Crippen molar-refractivity contribution in [1.82, 2.24) is 9.97 Å². The Kier molecular flexibility index (Phi) is 4.58. The molecule has 1 fully saturated rings. The van der Waals surface area contributed by atoms with E-state index in [0.29, 0.717) is 12.0 Å². The van der Waals surface area contributed by atoms with Gasteiger partial charge < -0.3 is 21.1 Å². The van der Waals surface area contributed by atoms with Gasteiger partial charge in [-0.15, -0.1) is 0 Å². The number of ether oxygens (including phenoxy) is 1. The molecule has 2 rings (SSSR count). The molecule has 1 saturated heterocycles. The minimum atomic E-state index is 0.297. The molecule has 0 aliphatic carbocycles. The second kappa shape index (κ2) is 6.39. The molecule has 6 nitrogen and oxygen atoms in total. The molecule has 0 bridgehead atoms. The molecular weight excluding hydrogens is 230 g/mol. The maximum absolute atomic E-state index is 5.71. The number of nitrogens with two attached hydrogens (primary N) is 1. The molecule has 0 saturated carbocycles. The van der Waals surface area contributed by atoms with Gasteiger partial charge in [0.25, 0.3) is 0 Å². The zero-order chi connectivity index (χ0) is 12.8. The molecule has 0 amide bonds. The summed E-state index contributed by atoms with van der Waals surface area (Å²) in [6.45, 7) is 4.60. The Morgan fingerprint density at radius 1 is 1.33 bits per heavy atom. The molecule has 2 heterocycles. The molecule has 1 aliphatic rings. The van der Waals surface area contributed by atoms with Gasteiger partial charge in [0.05, 0.1) is 0 Å². The van der Waals surface area contributed by atoms with Crippen molar-refractivity contribution in [3.63, 3.8) is 0 Å². The average molecular weight is 251 g/mol. The van der Waals surface area contributed by atoms with E-state index in [1.165, 1.54) is 0 Å². The van der Waals surface area contributed by atoms with Crippen LogP contribution in [0.15, 0.2) is 6.07 Å². The molecule has 0 atom stereocenters. The van der Waals surface area contributed by atoms with E-state index >= 15 is 0 Å². The van der Waals surface area contributed by atoms with Gasteiger partial charge in [-0.1, -0.05) is 6.92 Å². The molecule has 6 heteroatoms. The van der Waals surface area contributed by atoms with Gasteiger partial charge in [0, 0.05) is 31.9 Å². The zero-order valence-corrected chi connectivity index (χ0v) is 10.8. The summed E-state index contributed by atoms with van der Waals surface area (Å²) in [5, 5.41) is 6.60. The number of nitrogens with one attached hydrogen (secondary N) is 2. The summed E-state index contributed by atoms with van der Waals surface area (Å²) in [6, 6.07) is 2.31. The lowest BCUT2D eigenvalue weighted by atomic mass is 10.1. The minimum Gasteiger partial charge on any atom is -0.381 e. The fourth-order valence-electron chi connectivity index (χ4n) is 1.93. The highest BCUT2D eigenvalue weighted by Gasteiger charge is 2.14. The Morgan fingerprint density at radius 2 is 2.06 bits per heavy atom. The van der Waals surface area contributed by atoms with E-state index in [9.17, 15) is 0 Å². The first-order chi connectivity index (χ1) is 8.78. The van der Waals surface area contributed by atoms with Gasteiger partial charge in [0.15, 0.2) is 0 Å². The summed E-state index contributed by atoms with van der Waals surface area (Å²) < 4.78 is 5.33. The van der Waals surface area contributed by atoms with Crippen molar-refractivity contribution in [1.29, 1.82) is 0 Å². The van der Waals surface area contributed by atoms with Crippen LogP contribution < -0.4 is 16.4 Å². The molecule has 0 radical (unpaired) electrons. The summed E-state index contributed by atoms with van der Waals surface area (Å²) in [6.07, 6.45) is 3.05. The number of anilines is 3. The number of nitrogens with zero attached hydrogens (tertiary/aromatic N) is 2. The highest BCUT2D eigenvalue weighted by Crippen LogP contribution is 2.17. The lowest BCUT2D eigenvalue weighted by Gasteiger charge is -2.23. The van der Waals surface area contributed by atoms with E-state index in [1.54, 1.807) is 0 Å². The number of rotatable bonds is 5. The third-order valence-corrected chi connectivity index (χ3v) is 2.87. The molecule has 0 aromatic carbocycles. The van der Waals surface area contributed by atoms with Crippen LogP contribution in [0.25, 0.3) is 0 Å². The lowest BCUT2D eigenvalue weighted by molar-refractivity contribution is 0.0904. The first kappa shape index (κ1) is 12.9. The number of hydrogen-bond acceptors (Lipinski definition) is 6. The topological polar surface area (TPSA) is 85.1 Å². The number of aromatic nitrogens is 2. The highest BCUT2D eigenvalue weighted by atomic mass is 16.5. The quantitative estimate of drug-likeness (QED) is 0.735. The summed E-state index contributed by atoms with van der Waals surface area (Å²) in [5.74, 6) is 1.86. The van der Waals surface area contributed by atoms with Crippen LogP contribution in [0.1, 0.15) is 26.2 Å². The van der Waals surface area contributed by atoms with Crippen molar-refractivity contribution in [2.45, 2.75) is 32.2 Å². The van der Waals surface area contributed by atoms with E-state index in [-0.39, 0.29) is 0 Å². The van der Waals surface area contributed by atoms with Gasteiger partial charge in [-0.3, -0.25) is 0 Å². The van der Waals surface area contributed by atoms with Crippen molar-refractivity contribution in [3.8, 4) is 0 Å². The standard InChI is InChI=1S/C12H21N5O/c1-2-5-14-10-8-11(17-12(13)16-10)15-9-3-6-18-7-4-9/h8-9H,2-7H2,1H3,(H4,13,14,15,16,17). The van der Waals surface area contributed by atoms with Crippen LogP contribution in [-0.2, 0) is 4.74 Å². The van der Waals surface area contributed by atoms with Crippen LogP contribution in [-0.4, -0.2) is 35.8 Å². The molecule has 0 unspecified atom stereocenters. The van der Waals surface area contributed by atoms with Crippen molar-refractivity contribution < 1.29 is 4.74 Å². The second-order valence-electron chi connectivity index (χ2n) is 4.45. The Bertz CT molecular complexity index is 379. The van der Waals surface area contributed by atoms with E-state index < -0.39 is 0 Å². The lowest BCUT2D eigenvalue weighted by Crippen LogP contribution is -2.28. The maximum atomic E-state index is 5.71. The number of hydrogen-bond donors (Lipinski definition) is 3. The second-order valence-corrected chi connectivity index (χ2v) is 4.45. The van der Waals surface area contributed by atoms with Crippen LogP contribution in [0.4, 0.5) is 17.6 Å². The first-order valence-electron chi connectivity index (χ1n) is 6.50. The van der Waals surface area contributed by atoms with Crippen LogP contribution in [0.2, 0.25) is 0 Å². The normalized spacial score (nSPS) is 16.5. The van der Waals surface area contributed by atoms with Crippen LogP contribution >= 0.6 is 0 Å². The largest absolute Gasteiger partial charge is 0.381 e. The van der Waals surface area contributed by atoms with Crippen molar-refractivity contribution >= 4 is 17.6 Å². The van der Waals surface area contributed by atoms with Gasteiger partial charge in [0.1, 0.15) is 11.6 Å². The summed E-state index contributed by atoms with van der Waals surface area (Å²) in [5.41, 5.74) is 5.71. The predicted octanol–water partition coefficient (Wildman–Crippen LogP) is 1.47. The molecule has 1 aromatic rings. The van der Waals surface area contributed by atoms with Gasteiger partial charge >= 0.3 is 0 Å². The molecule has 100 valence electrons. The summed E-state index contributed by atoms with van der Waals surface area (Å²) >= 11 is 0. The fraction of sp³-hybridized carbons (Fsp3) is 0.667. The fourth-order valence-corrected chi connectivity index (χ4v) is 1.93. The summed E-state index contributed by atoms with van der Waals surface area (Å²) in [4.78, 5) is 8.37. The molecule has 18 heavy (non-hydrogen) atoms. The first-order valence-corrected chi connectivity index (χ1v) is 6.50. The van der Waals surface area contributed by atoms with E-state index in [0.717, 1.165) is 50.7 Å². The smallest absolute Gasteiger partial charge is 0.223 e. The maximum Gasteiger partial charge on any atom is 0.223 e. The monoisotopic (exact) mass is 251 g/mol. The average Bonchev–Trinajstić information content (AvgIpc) is 2.37. The molecule has 0 spiro atoms.